The highest BCUT2D eigenvalue weighted by Crippen LogP contribution is 2.37. The molecule has 4 rings (SSSR count). The standard InChI is InChI=1S/C23H20FN3O2S2/c1-14(17-5-3-4-6-19(17)29-2)27-20(28)12-31-23-21-18(11-30-22(21)25-13-26-23)15-7-9-16(24)10-8-15/h3-11,13-14H,12H2,1-2H3,(H,27,28). The molecule has 0 saturated carbocycles. The Balaban J connectivity index is 1.51. The van der Waals surface area contributed by atoms with Gasteiger partial charge in [-0.1, -0.05) is 42.1 Å². The number of para-hydroxylation sites is 1. The Morgan fingerprint density at radius 3 is 2.74 bits per heavy atom. The van der Waals surface area contributed by atoms with Gasteiger partial charge in [0, 0.05) is 16.5 Å². The lowest BCUT2D eigenvalue weighted by molar-refractivity contribution is -0.119. The first kappa shape index (κ1) is 21.3. The molecular formula is C23H20FN3O2S2. The van der Waals surface area contributed by atoms with E-state index in [1.54, 1.807) is 19.2 Å². The first-order chi connectivity index (χ1) is 15.1. The van der Waals surface area contributed by atoms with Crippen LogP contribution in [-0.2, 0) is 4.79 Å². The summed E-state index contributed by atoms with van der Waals surface area (Å²) in [5.74, 6) is 0.566. The highest BCUT2D eigenvalue weighted by Gasteiger charge is 2.17. The number of fused-ring (bicyclic) bond motifs is 1. The number of thiophene rings is 1. The van der Waals surface area contributed by atoms with Crippen LogP contribution in [0.2, 0.25) is 0 Å². The number of rotatable bonds is 7. The molecule has 0 fully saturated rings. The summed E-state index contributed by atoms with van der Waals surface area (Å²) in [6.07, 6.45) is 1.50. The van der Waals surface area contributed by atoms with Gasteiger partial charge in [0.25, 0.3) is 0 Å². The van der Waals surface area contributed by atoms with E-state index in [0.717, 1.165) is 37.7 Å². The number of halogens is 1. The lowest BCUT2D eigenvalue weighted by atomic mass is 10.1. The lowest BCUT2D eigenvalue weighted by Crippen LogP contribution is -2.28. The monoisotopic (exact) mass is 453 g/mol. The fourth-order valence-corrected chi connectivity index (χ4v) is 5.12. The van der Waals surface area contributed by atoms with Crippen LogP contribution in [0.4, 0.5) is 4.39 Å². The first-order valence-corrected chi connectivity index (χ1v) is 11.5. The normalized spacial score (nSPS) is 12.0. The lowest BCUT2D eigenvalue weighted by Gasteiger charge is -2.17. The van der Waals surface area contributed by atoms with Crippen molar-refractivity contribution in [2.24, 2.45) is 0 Å². The topological polar surface area (TPSA) is 64.1 Å². The molecule has 31 heavy (non-hydrogen) atoms. The van der Waals surface area contributed by atoms with E-state index in [4.69, 9.17) is 4.74 Å². The summed E-state index contributed by atoms with van der Waals surface area (Å²) in [4.78, 5) is 22.2. The Hall–Kier alpha value is -2.97. The third-order valence-corrected chi connectivity index (χ3v) is 6.69. The van der Waals surface area contributed by atoms with Crippen LogP contribution in [0.1, 0.15) is 18.5 Å². The second-order valence-corrected chi connectivity index (χ2v) is 8.66. The van der Waals surface area contributed by atoms with Gasteiger partial charge in [-0.15, -0.1) is 11.3 Å². The zero-order valence-electron chi connectivity index (χ0n) is 17.0. The molecule has 2 aromatic carbocycles. The van der Waals surface area contributed by atoms with Gasteiger partial charge in [0.2, 0.25) is 5.91 Å². The number of hydrogen-bond donors (Lipinski definition) is 1. The number of thioether (sulfide) groups is 1. The number of methoxy groups -OCH3 is 1. The van der Waals surface area contributed by atoms with Gasteiger partial charge in [0.05, 0.1) is 24.3 Å². The minimum atomic E-state index is -0.282. The second kappa shape index (κ2) is 9.45. The number of ether oxygens (including phenoxy) is 1. The summed E-state index contributed by atoms with van der Waals surface area (Å²) in [5.41, 5.74) is 2.74. The minimum absolute atomic E-state index is 0.103. The maximum absolute atomic E-state index is 13.3. The van der Waals surface area contributed by atoms with Crippen LogP contribution in [0.25, 0.3) is 21.3 Å². The third kappa shape index (κ3) is 4.70. The quantitative estimate of drug-likeness (QED) is 0.297. The Morgan fingerprint density at radius 1 is 1.19 bits per heavy atom. The predicted octanol–water partition coefficient (Wildman–Crippen LogP) is 5.48. The van der Waals surface area contributed by atoms with Crippen molar-refractivity contribution in [1.82, 2.24) is 15.3 Å². The van der Waals surface area contributed by atoms with Crippen molar-refractivity contribution >= 4 is 39.2 Å². The SMILES string of the molecule is COc1ccccc1C(C)NC(=O)CSc1ncnc2scc(-c3ccc(F)cc3)c12. The van der Waals surface area contributed by atoms with E-state index in [1.165, 1.54) is 41.6 Å². The van der Waals surface area contributed by atoms with E-state index in [9.17, 15) is 9.18 Å². The summed E-state index contributed by atoms with van der Waals surface area (Å²) in [5, 5.41) is 6.61. The Bertz CT molecular complexity index is 1210. The molecule has 5 nitrogen and oxygen atoms in total. The average molecular weight is 454 g/mol. The van der Waals surface area contributed by atoms with Crippen molar-refractivity contribution in [3.63, 3.8) is 0 Å². The molecule has 1 N–H and O–H groups in total. The number of carbonyl (C=O) groups excluding carboxylic acids is 1. The van der Waals surface area contributed by atoms with E-state index < -0.39 is 0 Å². The van der Waals surface area contributed by atoms with Crippen LogP contribution in [-0.4, -0.2) is 28.7 Å². The molecule has 158 valence electrons. The van der Waals surface area contributed by atoms with Crippen LogP contribution in [0.3, 0.4) is 0 Å². The highest BCUT2D eigenvalue weighted by molar-refractivity contribution is 8.00. The fraction of sp³-hybridized carbons (Fsp3) is 0.174. The van der Waals surface area contributed by atoms with Gasteiger partial charge in [-0.3, -0.25) is 4.79 Å². The predicted molar refractivity (Wildman–Crippen MR) is 123 cm³/mol. The molecule has 0 spiro atoms. The molecule has 0 radical (unpaired) electrons. The molecule has 1 amide bonds. The summed E-state index contributed by atoms with van der Waals surface area (Å²) < 4.78 is 18.7. The van der Waals surface area contributed by atoms with E-state index in [1.807, 2.05) is 36.6 Å². The molecule has 4 aromatic rings. The van der Waals surface area contributed by atoms with E-state index in [2.05, 4.69) is 15.3 Å². The fourth-order valence-electron chi connectivity index (χ4n) is 3.32. The van der Waals surface area contributed by atoms with Crippen molar-refractivity contribution in [1.29, 1.82) is 0 Å². The van der Waals surface area contributed by atoms with Gasteiger partial charge in [-0.2, -0.15) is 0 Å². The van der Waals surface area contributed by atoms with Crippen LogP contribution in [0.5, 0.6) is 5.75 Å². The van der Waals surface area contributed by atoms with Gasteiger partial charge >= 0.3 is 0 Å². The zero-order valence-corrected chi connectivity index (χ0v) is 18.6. The van der Waals surface area contributed by atoms with E-state index >= 15 is 0 Å². The Morgan fingerprint density at radius 2 is 1.97 bits per heavy atom. The molecule has 0 aliphatic carbocycles. The van der Waals surface area contributed by atoms with Crippen molar-refractivity contribution < 1.29 is 13.9 Å². The van der Waals surface area contributed by atoms with Gasteiger partial charge in [0.15, 0.2) is 0 Å². The molecular weight excluding hydrogens is 433 g/mol. The molecule has 2 heterocycles. The smallest absolute Gasteiger partial charge is 0.230 e. The summed E-state index contributed by atoms with van der Waals surface area (Å²) >= 11 is 2.86. The van der Waals surface area contributed by atoms with Crippen LogP contribution >= 0.6 is 23.1 Å². The average Bonchev–Trinajstić information content (AvgIpc) is 3.23. The number of benzene rings is 2. The maximum Gasteiger partial charge on any atom is 0.230 e. The third-order valence-electron chi connectivity index (χ3n) is 4.81. The molecule has 0 bridgehead atoms. The summed E-state index contributed by atoms with van der Waals surface area (Å²) in [6.45, 7) is 1.93. The summed E-state index contributed by atoms with van der Waals surface area (Å²) in [7, 11) is 1.61. The van der Waals surface area contributed by atoms with Crippen LogP contribution < -0.4 is 10.1 Å². The van der Waals surface area contributed by atoms with Crippen molar-refractivity contribution in [3.8, 4) is 16.9 Å². The van der Waals surface area contributed by atoms with Crippen LogP contribution in [0, 0.1) is 5.82 Å². The second-order valence-electron chi connectivity index (χ2n) is 6.84. The van der Waals surface area contributed by atoms with Gasteiger partial charge in [-0.25, -0.2) is 14.4 Å². The zero-order chi connectivity index (χ0) is 21.8. The number of hydrogen-bond acceptors (Lipinski definition) is 6. The number of carbonyl (C=O) groups is 1. The largest absolute Gasteiger partial charge is 0.496 e. The van der Waals surface area contributed by atoms with E-state index in [-0.39, 0.29) is 23.5 Å². The highest BCUT2D eigenvalue weighted by atomic mass is 32.2. The maximum atomic E-state index is 13.3. The van der Waals surface area contributed by atoms with Gasteiger partial charge in [0.1, 0.15) is 27.8 Å². The Kier molecular flexibility index (Phi) is 6.48. The van der Waals surface area contributed by atoms with E-state index in [0.29, 0.717) is 0 Å². The van der Waals surface area contributed by atoms with Crippen LogP contribution in [0.15, 0.2) is 65.3 Å². The number of nitrogens with zero attached hydrogens (tertiary/aromatic N) is 2. The van der Waals surface area contributed by atoms with Gasteiger partial charge in [-0.05, 0) is 30.7 Å². The molecule has 1 atom stereocenters. The van der Waals surface area contributed by atoms with Gasteiger partial charge < -0.3 is 10.1 Å². The number of aromatic nitrogens is 2. The first-order valence-electron chi connectivity index (χ1n) is 9.60. The number of nitrogens with one attached hydrogen (secondary N) is 1. The molecule has 0 saturated heterocycles. The molecule has 8 heteroatoms. The minimum Gasteiger partial charge on any atom is -0.496 e. The molecule has 1 unspecified atom stereocenters. The van der Waals surface area contributed by atoms with Crippen molar-refractivity contribution in [2.75, 3.05) is 12.9 Å². The van der Waals surface area contributed by atoms with Crippen molar-refractivity contribution in [3.05, 3.63) is 71.6 Å². The van der Waals surface area contributed by atoms with Crippen molar-refractivity contribution in [2.45, 2.75) is 18.0 Å². The molecule has 0 aliphatic heterocycles. The number of amides is 1. The summed E-state index contributed by atoms with van der Waals surface area (Å²) in [6, 6.07) is 13.8. The molecule has 2 aromatic heterocycles. The Labute approximate surface area is 187 Å². The molecule has 0 aliphatic rings.